The topological polar surface area (TPSA) is 71.0 Å². The number of halogens is 2. The fraction of sp³-hybridized carbons (Fsp3) is 0.300. The number of carbonyl (C=O) groups excluding carboxylic acids is 2. The van der Waals surface area contributed by atoms with Crippen LogP contribution in [-0.4, -0.2) is 33.7 Å². The lowest BCUT2D eigenvalue weighted by atomic mass is 10.2. The average Bonchev–Trinajstić information content (AvgIpc) is 2.93. The van der Waals surface area contributed by atoms with Crippen LogP contribution >= 0.6 is 23.4 Å². The Morgan fingerprint density at radius 3 is 2.46 bits per heavy atom. The fourth-order valence-electron chi connectivity index (χ4n) is 3.97. The normalized spacial score (nSPS) is 16.4. The predicted molar refractivity (Wildman–Crippen MR) is 156 cm³/mol. The summed E-state index contributed by atoms with van der Waals surface area (Å²) in [6, 6.07) is 20.1. The van der Waals surface area contributed by atoms with Gasteiger partial charge in [0.2, 0.25) is 11.8 Å². The van der Waals surface area contributed by atoms with E-state index in [1.807, 2.05) is 12.1 Å². The molecule has 1 aliphatic heterocycles. The molecule has 0 spiro atoms. The number of amides is 2. The Balaban J connectivity index is 1.44. The quantitative estimate of drug-likeness (QED) is 0.242. The lowest BCUT2D eigenvalue weighted by molar-refractivity contribution is -0.129. The summed E-state index contributed by atoms with van der Waals surface area (Å²) in [5.74, 6) is -0.124. The molecule has 6 nitrogen and oxygen atoms in total. The smallest absolute Gasteiger partial charge is 0.238 e. The highest BCUT2D eigenvalue weighted by molar-refractivity contribution is 8.15. The van der Waals surface area contributed by atoms with Crippen LogP contribution in [0, 0.1) is 5.82 Å². The summed E-state index contributed by atoms with van der Waals surface area (Å²) in [5.41, 5.74) is 1.98. The standard InChI is InChI=1S/C30H31ClFN3O3S/c1-2-3-4-5-18-38-26-16-14-24(15-17-26)33-29(37)27-19-28(36)35(20-21-6-10-23(32)11-7-21)30(39-27)34-25-12-8-22(31)9-13-25/h6-17,27H,2-5,18-20H2,1H3,(H,33,37). The summed E-state index contributed by atoms with van der Waals surface area (Å²) < 4.78 is 19.2. The van der Waals surface area contributed by atoms with Gasteiger partial charge in [-0.15, -0.1) is 0 Å². The van der Waals surface area contributed by atoms with Crippen molar-refractivity contribution in [3.63, 3.8) is 0 Å². The molecule has 9 heteroatoms. The molecule has 3 aromatic carbocycles. The number of benzene rings is 3. The maximum absolute atomic E-state index is 13.4. The van der Waals surface area contributed by atoms with Gasteiger partial charge >= 0.3 is 0 Å². The maximum Gasteiger partial charge on any atom is 0.238 e. The van der Waals surface area contributed by atoms with Crippen LogP contribution in [0.3, 0.4) is 0 Å². The zero-order chi connectivity index (χ0) is 27.6. The minimum atomic E-state index is -0.664. The van der Waals surface area contributed by atoms with Gasteiger partial charge in [0.25, 0.3) is 0 Å². The molecule has 1 unspecified atom stereocenters. The molecule has 0 aliphatic carbocycles. The van der Waals surface area contributed by atoms with E-state index in [-0.39, 0.29) is 30.6 Å². The van der Waals surface area contributed by atoms with Gasteiger partial charge in [0.15, 0.2) is 5.17 Å². The number of nitrogens with one attached hydrogen (secondary N) is 1. The Kier molecular flexibility index (Phi) is 10.4. The number of ether oxygens (including phenoxy) is 1. The average molecular weight is 568 g/mol. The molecule has 0 aromatic heterocycles. The zero-order valence-electron chi connectivity index (χ0n) is 21.7. The Morgan fingerprint density at radius 2 is 1.77 bits per heavy atom. The van der Waals surface area contributed by atoms with E-state index >= 15 is 0 Å². The zero-order valence-corrected chi connectivity index (χ0v) is 23.3. The number of anilines is 1. The first kappa shape index (κ1) is 28.6. The number of thioether (sulfide) groups is 1. The highest BCUT2D eigenvalue weighted by Gasteiger charge is 2.36. The van der Waals surface area contributed by atoms with E-state index in [2.05, 4.69) is 17.2 Å². The monoisotopic (exact) mass is 567 g/mol. The van der Waals surface area contributed by atoms with Crippen molar-refractivity contribution in [2.75, 3.05) is 11.9 Å². The van der Waals surface area contributed by atoms with E-state index in [4.69, 9.17) is 16.3 Å². The van der Waals surface area contributed by atoms with Gasteiger partial charge in [-0.3, -0.25) is 14.5 Å². The first-order valence-electron chi connectivity index (χ1n) is 13.0. The van der Waals surface area contributed by atoms with Crippen molar-refractivity contribution >= 4 is 51.7 Å². The van der Waals surface area contributed by atoms with Crippen LogP contribution in [-0.2, 0) is 16.1 Å². The van der Waals surface area contributed by atoms with E-state index in [0.717, 1.165) is 24.2 Å². The van der Waals surface area contributed by atoms with Crippen LogP contribution in [0.2, 0.25) is 5.02 Å². The second-order valence-electron chi connectivity index (χ2n) is 9.21. The molecule has 0 saturated carbocycles. The lowest BCUT2D eigenvalue weighted by Gasteiger charge is -2.32. The second-order valence-corrected chi connectivity index (χ2v) is 10.8. The summed E-state index contributed by atoms with van der Waals surface area (Å²) in [6.07, 6.45) is 4.55. The SMILES string of the molecule is CCCCCCOc1ccc(NC(=O)C2CC(=O)N(Cc3ccc(F)cc3)C(=Nc3ccc(Cl)cc3)S2)cc1. The van der Waals surface area contributed by atoms with Crippen molar-refractivity contribution < 1.29 is 18.7 Å². The number of unbranched alkanes of at least 4 members (excludes halogenated alkanes) is 3. The van der Waals surface area contributed by atoms with Gasteiger partial charge < -0.3 is 10.1 Å². The summed E-state index contributed by atoms with van der Waals surface area (Å²) in [4.78, 5) is 32.6. The Labute approximate surface area is 237 Å². The summed E-state index contributed by atoms with van der Waals surface area (Å²) in [5, 5.41) is 3.20. The largest absolute Gasteiger partial charge is 0.494 e. The lowest BCUT2D eigenvalue weighted by Crippen LogP contribution is -2.44. The minimum absolute atomic E-state index is 0.0102. The molecule has 4 rings (SSSR count). The molecule has 1 heterocycles. The van der Waals surface area contributed by atoms with Crippen LogP contribution in [0.5, 0.6) is 5.75 Å². The van der Waals surface area contributed by atoms with Crippen LogP contribution < -0.4 is 10.1 Å². The number of rotatable bonds is 11. The third kappa shape index (κ3) is 8.57. The van der Waals surface area contributed by atoms with Crippen molar-refractivity contribution in [2.45, 2.75) is 50.8 Å². The van der Waals surface area contributed by atoms with Gasteiger partial charge in [-0.25, -0.2) is 9.38 Å². The number of aliphatic imine (C=N–C) groups is 1. The molecule has 2 amide bonds. The summed E-state index contributed by atoms with van der Waals surface area (Å²) in [6.45, 7) is 3.05. The molecular weight excluding hydrogens is 537 g/mol. The van der Waals surface area contributed by atoms with E-state index < -0.39 is 5.25 Å². The molecule has 1 aliphatic rings. The Bertz CT molecular complexity index is 1280. The van der Waals surface area contributed by atoms with E-state index in [1.54, 1.807) is 48.5 Å². The van der Waals surface area contributed by atoms with Gasteiger partial charge in [0.05, 0.1) is 18.8 Å². The van der Waals surface area contributed by atoms with E-state index in [0.29, 0.717) is 28.2 Å². The Hall–Kier alpha value is -3.36. The van der Waals surface area contributed by atoms with Crippen LogP contribution in [0.4, 0.5) is 15.8 Å². The number of carbonyl (C=O) groups is 2. The van der Waals surface area contributed by atoms with Gasteiger partial charge in [0.1, 0.15) is 16.8 Å². The summed E-state index contributed by atoms with van der Waals surface area (Å²) in [7, 11) is 0. The molecule has 1 atom stereocenters. The highest BCUT2D eigenvalue weighted by atomic mass is 35.5. The van der Waals surface area contributed by atoms with Gasteiger partial charge in [-0.05, 0) is 72.6 Å². The predicted octanol–water partition coefficient (Wildman–Crippen LogP) is 7.60. The van der Waals surface area contributed by atoms with Gasteiger partial charge in [-0.2, -0.15) is 0 Å². The van der Waals surface area contributed by atoms with Gasteiger partial charge in [0, 0.05) is 17.1 Å². The van der Waals surface area contributed by atoms with Crippen LogP contribution in [0.15, 0.2) is 77.8 Å². The maximum atomic E-state index is 13.4. The molecule has 1 saturated heterocycles. The molecule has 1 fully saturated rings. The highest BCUT2D eigenvalue weighted by Crippen LogP contribution is 2.31. The fourth-order valence-corrected chi connectivity index (χ4v) is 5.20. The number of nitrogens with zero attached hydrogens (tertiary/aromatic N) is 2. The number of hydrogen-bond acceptors (Lipinski definition) is 5. The van der Waals surface area contributed by atoms with Gasteiger partial charge in [-0.1, -0.05) is 61.7 Å². The molecule has 204 valence electrons. The molecular formula is C30H31ClFN3O3S. The second kappa shape index (κ2) is 14.1. The van der Waals surface area contributed by atoms with E-state index in [9.17, 15) is 14.0 Å². The third-order valence-electron chi connectivity index (χ3n) is 6.13. The molecule has 1 N–H and O–H groups in total. The van der Waals surface area contributed by atoms with Crippen molar-refractivity contribution in [2.24, 2.45) is 4.99 Å². The molecule has 39 heavy (non-hydrogen) atoms. The van der Waals surface area contributed by atoms with Crippen LogP contribution in [0.1, 0.15) is 44.6 Å². The molecule has 0 bridgehead atoms. The molecule has 3 aromatic rings. The van der Waals surface area contributed by atoms with Crippen molar-refractivity contribution in [1.82, 2.24) is 4.90 Å². The van der Waals surface area contributed by atoms with Crippen molar-refractivity contribution in [1.29, 1.82) is 0 Å². The summed E-state index contributed by atoms with van der Waals surface area (Å²) >= 11 is 7.24. The number of hydrogen-bond donors (Lipinski definition) is 1. The molecule has 0 radical (unpaired) electrons. The van der Waals surface area contributed by atoms with Crippen molar-refractivity contribution in [3.8, 4) is 5.75 Å². The minimum Gasteiger partial charge on any atom is -0.494 e. The van der Waals surface area contributed by atoms with E-state index in [1.165, 1.54) is 41.6 Å². The first-order chi connectivity index (χ1) is 18.9. The van der Waals surface area contributed by atoms with Crippen molar-refractivity contribution in [3.05, 3.63) is 89.2 Å². The van der Waals surface area contributed by atoms with Crippen LogP contribution in [0.25, 0.3) is 0 Å². The Morgan fingerprint density at radius 1 is 1.05 bits per heavy atom. The third-order valence-corrected chi connectivity index (χ3v) is 7.57. The first-order valence-corrected chi connectivity index (χ1v) is 14.3. The number of amidine groups is 1.